The van der Waals surface area contributed by atoms with E-state index in [2.05, 4.69) is 19.2 Å². The molecule has 1 amide bonds. The highest BCUT2D eigenvalue weighted by molar-refractivity contribution is 6.31. The second kappa shape index (κ2) is 6.64. The van der Waals surface area contributed by atoms with Gasteiger partial charge in [-0.05, 0) is 49.9 Å². The van der Waals surface area contributed by atoms with Crippen LogP contribution < -0.4 is 5.32 Å². The third kappa shape index (κ3) is 5.41. The second-order valence-electron chi connectivity index (χ2n) is 5.03. The van der Waals surface area contributed by atoms with E-state index in [1.54, 1.807) is 6.07 Å². The molecule has 0 heterocycles. The number of halogens is 1. The van der Waals surface area contributed by atoms with Crippen molar-refractivity contribution in [3.63, 3.8) is 0 Å². The Hall–Kier alpha value is -1.22. The molecule has 1 aromatic rings. The first-order valence-electron chi connectivity index (χ1n) is 6.14. The molecule has 0 aliphatic carbocycles. The molecular formula is C14H20ClNO2. The molecule has 0 aliphatic rings. The monoisotopic (exact) mass is 269 g/mol. The van der Waals surface area contributed by atoms with Crippen molar-refractivity contribution >= 4 is 23.4 Å². The van der Waals surface area contributed by atoms with Crippen LogP contribution in [0, 0.1) is 5.92 Å². The van der Waals surface area contributed by atoms with Gasteiger partial charge in [-0.15, -0.1) is 0 Å². The molecule has 100 valence electrons. The zero-order valence-electron chi connectivity index (χ0n) is 11.3. The van der Waals surface area contributed by atoms with Crippen molar-refractivity contribution in [2.45, 2.75) is 40.2 Å². The lowest BCUT2D eigenvalue weighted by atomic mass is 10.0. The molecule has 1 rings (SSSR count). The van der Waals surface area contributed by atoms with E-state index in [9.17, 15) is 4.79 Å². The SMILES string of the molecule is CC(C)Cc1cc(Cl)cc(NC(=O)OC(C)C)c1. The predicted molar refractivity (Wildman–Crippen MR) is 75.2 cm³/mol. The van der Waals surface area contributed by atoms with Crippen molar-refractivity contribution in [2.24, 2.45) is 5.92 Å². The van der Waals surface area contributed by atoms with Gasteiger partial charge in [-0.25, -0.2) is 4.79 Å². The van der Waals surface area contributed by atoms with Crippen LogP contribution in [0.2, 0.25) is 5.02 Å². The standard InChI is InChI=1S/C14H20ClNO2/c1-9(2)5-11-6-12(15)8-13(7-11)16-14(17)18-10(3)4/h6-10H,5H2,1-4H3,(H,16,17). The van der Waals surface area contributed by atoms with E-state index >= 15 is 0 Å². The van der Waals surface area contributed by atoms with Crippen LogP contribution in [0.25, 0.3) is 0 Å². The summed E-state index contributed by atoms with van der Waals surface area (Å²) in [6, 6.07) is 5.56. The summed E-state index contributed by atoms with van der Waals surface area (Å²) in [5.74, 6) is 0.541. The number of hydrogen-bond donors (Lipinski definition) is 1. The van der Waals surface area contributed by atoms with Crippen molar-refractivity contribution in [3.05, 3.63) is 28.8 Å². The molecule has 1 aromatic carbocycles. The molecule has 0 atom stereocenters. The smallest absolute Gasteiger partial charge is 0.411 e. The van der Waals surface area contributed by atoms with Gasteiger partial charge in [0.15, 0.2) is 0 Å². The van der Waals surface area contributed by atoms with Gasteiger partial charge >= 0.3 is 6.09 Å². The lowest BCUT2D eigenvalue weighted by molar-refractivity contribution is 0.130. The van der Waals surface area contributed by atoms with Gasteiger partial charge in [-0.3, -0.25) is 5.32 Å². The van der Waals surface area contributed by atoms with Gasteiger partial charge in [-0.1, -0.05) is 25.4 Å². The van der Waals surface area contributed by atoms with Crippen LogP contribution in [0.3, 0.4) is 0 Å². The van der Waals surface area contributed by atoms with Crippen LogP contribution in [0.5, 0.6) is 0 Å². The number of carbonyl (C=O) groups is 1. The summed E-state index contributed by atoms with van der Waals surface area (Å²) >= 11 is 6.03. The van der Waals surface area contributed by atoms with Crippen molar-refractivity contribution in [1.29, 1.82) is 0 Å². The lowest BCUT2D eigenvalue weighted by Gasteiger charge is -2.12. The van der Waals surface area contributed by atoms with Gasteiger partial charge in [0.25, 0.3) is 0 Å². The predicted octanol–water partition coefficient (Wildman–Crippen LogP) is 4.50. The average molecular weight is 270 g/mol. The molecule has 0 unspecified atom stereocenters. The number of benzene rings is 1. The summed E-state index contributed by atoms with van der Waals surface area (Å²) in [7, 11) is 0. The summed E-state index contributed by atoms with van der Waals surface area (Å²) in [5, 5.41) is 3.30. The Morgan fingerprint density at radius 1 is 1.28 bits per heavy atom. The number of hydrogen-bond acceptors (Lipinski definition) is 2. The Bertz CT molecular complexity index is 416. The maximum atomic E-state index is 11.5. The average Bonchev–Trinajstić information content (AvgIpc) is 2.12. The molecular weight excluding hydrogens is 250 g/mol. The fraction of sp³-hybridized carbons (Fsp3) is 0.500. The summed E-state index contributed by atoms with van der Waals surface area (Å²) in [6.07, 6.45) is 0.330. The largest absolute Gasteiger partial charge is 0.447 e. The van der Waals surface area contributed by atoms with Gasteiger partial charge in [0.1, 0.15) is 0 Å². The molecule has 0 radical (unpaired) electrons. The lowest BCUT2D eigenvalue weighted by Crippen LogP contribution is -2.18. The van der Waals surface area contributed by atoms with Crippen molar-refractivity contribution in [2.75, 3.05) is 5.32 Å². The van der Waals surface area contributed by atoms with Crippen LogP contribution >= 0.6 is 11.6 Å². The topological polar surface area (TPSA) is 38.3 Å². The van der Waals surface area contributed by atoms with Crippen LogP contribution in [0.4, 0.5) is 10.5 Å². The fourth-order valence-electron chi connectivity index (χ4n) is 1.67. The van der Waals surface area contributed by atoms with Gasteiger partial charge in [0.05, 0.1) is 6.10 Å². The van der Waals surface area contributed by atoms with E-state index in [0.717, 1.165) is 12.0 Å². The molecule has 4 heteroatoms. The zero-order valence-corrected chi connectivity index (χ0v) is 12.0. The molecule has 0 bridgehead atoms. The van der Waals surface area contributed by atoms with Gasteiger partial charge in [0, 0.05) is 10.7 Å². The van der Waals surface area contributed by atoms with Gasteiger partial charge in [-0.2, -0.15) is 0 Å². The number of anilines is 1. The van der Waals surface area contributed by atoms with Crippen molar-refractivity contribution < 1.29 is 9.53 Å². The summed E-state index contributed by atoms with van der Waals surface area (Å²) in [4.78, 5) is 11.5. The molecule has 0 saturated carbocycles. The molecule has 1 N–H and O–H groups in total. The van der Waals surface area contributed by atoms with Gasteiger partial charge < -0.3 is 4.74 Å². The second-order valence-corrected chi connectivity index (χ2v) is 5.46. The van der Waals surface area contributed by atoms with Gasteiger partial charge in [0.2, 0.25) is 0 Å². The van der Waals surface area contributed by atoms with E-state index < -0.39 is 6.09 Å². The third-order valence-corrected chi connectivity index (χ3v) is 2.41. The quantitative estimate of drug-likeness (QED) is 0.874. The Balaban J connectivity index is 2.76. The Morgan fingerprint density at radius 2 is 1.94 bits per heavy atom. The fourth-order valence-corrected chi connectivity index (χ4v) is 1.93. The first-order chi connectivity index (χ1) is 8.36. The van der Waals surface area contributed by atoms with Crippen LogP contribution in [-0.4, -0.2) is 12.2 Å². The Morgan fingerprint density at radius 3 is 2.50 bits per heavy atom. The molecule has 0 spiro atoms. The molecule has 0 aliphatic heterocycles. The van der Waals surface area contributed by atoms with Crippen LogP contribution in [0.1, 0.15) is 33.3 Å². The summed E-state index contributed by atoms with van der Waals surface area (Å²) in [6.45, 7) is 7.89. The minimum absolute atomic E-state index is 0.140. The minimum Gasteiger partial charge on any atom is -0.447 e. The number of ether oxygens (including phenoxy) is 1. The minimum atomic E-state index is -0.456. The third-order valence-electron chi connectivity index (χ3n) is 2.19. The van der Waals surface area contributed by atoms with E-state index in [4.69, 9.17) is 16.3 Å². The van der Waals surface area contributed by atoms with Crippen molar-refractivity contribution in [1.82, 2.24) is 0 Å². The molecule has 0 aromatic heterocycles. The molecule has 0 fully saturated rings. The molecule has 0 saturated heterocycles. The first-order valence-corrected chi connectivity index (χ1v) is 6.51. The number of carbonyl (C=O) groups excluding carboxylic acids is 1. The van der Waals surface area contributed by atoms with E-state index in [1.165, 1.54) is 0 Å². The van der Waals surface area contributed by atoms with Crippen LogP contribution in [-0.2, 0) is 11.2 Å². The first kappa shape index (κ1) is 14.8. The molecule has 18 heavy (non-hydrogen) atoms. The maximum Gasteiger partial charge on any atom is 0.411 e. The summed E-state index contributed by atoms with van der Waals surface area (Å²) < 4.78 is 5.02. The van der Waals surface area contributed by atoms with E-state index in [0.29, 0.717) is 16.6 Å². The highest BCUT2D eigenvalue weighted by atomic mass is 35.5. The Labute approximate surface area is 113 Å². The summed E-state index contributed by atoms with van der Waals surface area (Å²) in [5.41, 5.74) is 1.78. The highest BCUT2D eigenvalue weighted by Crippen LogP contribution is 2.21. The number of nitrogens with one attached hydrogen (secondary N) is 1. The Kier molecular flexibility index (Phi) is 5.48. The highest BCUT2D eigenvalue weighted by Gasteiger charge is 2.08. The number of rotatable bonds is 4. The maximum absolute atomic E-state index is 11.5. The van der Waals surface area contributed by atoms with Crippen molar-refractivity contribution in [3.8, 4) is 0 Å². The van der Waals surface area contributed by atoms with E-state index in [1.807, 2.05) is 26.0 Å². The number of amides is 1. The van der Waals surface area contributed by atoms with E-state index in [-0.39, 0.29) is 6.10 Å². The zero-order chi connectivity index (χ0) is 13.7. The normalized spacial score (nSPS) is 10.8. The van der Waals surface area contributed by atoms with Crippen LogP contribution in [0.15, 0.2) is 18.2 Å². The molecule has 3 nitrogen and oxygen atoms in total.